The lowest BCUT2D eigenvalue weighted by atomic mass is 10.0. The number of hydrogen-bond acceptors (Lipinski definition) is 9. The third-order valence-electron chi connectivity index (χ3n) is 2.50. The summed E-state index contributed by atoms with van der Waals surface area (Å²) in [5.74, 6) is -3.23. The van der Waals surface area contributed by atoms with Crippen LogP contribution in [0.1, 0.15) is 20.8 Å². The zero-order chi connectivity index (χ0) is 16.9. The van der Waals surface area contributed by atoms with Crippen molar-refractivity contribution < 1.29 is 42.9 Å². The van der Waals surface area contributed by atoms with Crippen LogP contribution < -0.4 is 0 Å². The molecule has 0 fully saturated rings. The normalized spacial score (nSPS) is 23.5. The fourth-order valence-electron chi connectivity index (χ4n) is 1.78. The molecule has 0 aromatic carbocycles. The zero-order valence-corrected chi connectivity index (χ0v) is 12.5. The molecule has 0 spiro atoms. The molecule has 122 valence electrons. The van der Waals surface area contributed by atoms with Crippen molar-refractivity contribution in [3.63, 3.8) is 0 Å². The monoisotopic (exact) mass is 316 g/mol. The summed E-state index contributed by atoms with van der Waals surface area (Å²) in [6.07, 6.45) is -3.09. The van der Waals surface area contributed by atoms with Crippen LogP contribution in [0, 0.1) is 0 Å². The summed E-state index contributed by atoms with van der Waals surface area (Å²) in [6.45, 7) is 3.33. The van der Waals surface area contributed by atoms with Gasteiger partial charge in [-0.1, -0.05) is 0 Å². The summed E-state index contributed by atoms with van der Waals surface area (Å²) in [6, 6.07) is 0. The first kappa shape index (κ1) is 17.5. The Morgan fingerprint density at radius 3 is 2.05 bits per heavy atom. The van der Waals surface area contributed by atoms with Crippen molar-refractivity contribution in [1.29, 1.82) is 0 Å². The van der Waals surface area contributed by atoms with Crippen molar-refractivity contribution in [2.45, 2.75) is 39.1 Å². The van der Waals surface area contributed by atoms with Crippen molar-refractivity contribution >= 4 is 23.9 Å². The highest BCUT2D eigenvalue weighted by atomic mass is 16.6. The first-order valence-electron chi connectivity index (χ1n) is 6.22. The Labute approximate surface area is 126 Å². The first-order valence-corrected chi connectivity index (χ1v) is 6.22. The molecule has 9 nitrogen and oxygen atoms in total. The van der Waals surface area contributed by atoms with E-state index in [1.807, 2.05) is 0 Å². The van der Waals surface area contributed by atoms with E-state index in [4.69, 9.17) is 18.9 Å². The molecule has 0 radical (unpaired) electrons. The summed E-state index contributed by atoms with van der Waals surface area (Å²) in [7, 11) is 1.11. The van der Waals surface area contributed by atoms with Gasteiger partial charge in [0.1, 0.15) is 6.26 Å². The van der Waals surface area contributed by atoms with Crippen molar-refractivity contribution in [2.24, 2.45) is 0 Å². The van der Waals surface area contributed by atoms with E-state index in [9.17, 15) is 19.2 Å². The van der Waals surface area contributed by atoms with E-state index in [1.165, 1.54) is 0 Å². The molecule has 22 heavy (non-hydrogen) atoms. The molecule has 1 rings (SSSR count). The summed E-state index contributed by atoms with van der Waals surface area (Å²) in [4.78, 5) is 45.3. The van der Waals surface area contributed by atoms with Gasteiger partial charge in [0.05, 0.1) is 7.11 Å². The molecule has 0 aromatic rings. The highest BCUT2D eigenvalue weighted by Gasteiger charge is 2.47. The quantitative estimate of drug-likeness (QED) is 0.514. The number of carbonyl (C=O) groups excluding carboxylic acids is 4. The largest absolute Gasteiger partial charge is 0.478 e. The van der Waals surface area contributed by atoms with E-state index in [1.54, 1.807) is 0 Å². The minimum Gasteiger partial charge on any atom is -0.478 e. The second-order valence-electron chi connectivity index (χ2n) is 4.30. The van der Waals surface area contributed by atoms with Gasteiger partial charge in [-0.15, -0.1) is 0 Å². The highest BCUT2D eigenvalue weighted by molar-refractivity contribution is 5.77. The lowest BCUT2D eigenvalue weighted by Crippen LogP contribution is -2.51. The van der Waals surface area contributed by atoms with Crippen LogP contribution in [0.4, 0.5) is 0 Å². The van der Waals surface area contributed by atoms with Crippen LogP contribution in [0.25, 0.3) is 0 Å². The minimum absolute atomic E-state index is 0.200. The molecule has 3 atom stereocenters. The van der Waals surface area contributed by atoms with Crippen molar-refractivity contribution in [3.8, 4) is 0 Å². The summed E-state index contributed by atoms with van der Waals surface area (Å²) < 4.78 is 24.5. The van der Waals surface area contributed by atoms with E-state index in [-0.39, 0.29) is 5.76 Å². The van der Waals surface area contributed by atoms with Gasteiger partial charge in [-0.05, 0) is 0 Å². The van der Waals surface area contributed by atoms with Crippen LogP contribution in [0.15, 0.2) is 12.0 Å². The van der Waals surface area contributed by atoms with Crippen molar-refractivity contribution in [1.82, 2.24) is 0 Å². The van der Waals surface area contributed by atoms with Crippen molar-refractivity contribution in [3.05, 3.63) is 12.0 Å². The number of esters is 4. The van der Waals surface area contributed by atoms with E-state index in [2.05, 4.69) is 4.74 Å². The summed E-state index contributed by atoms with van der Waals surface area (Å²) in [5, 5.41) is 0. The van der Waals surface area contributed by atoms with Crippen LogP contribution in [-0.4, -0.2) is 49.3 Å². The van der Waals surface area contributed by atoms with Crippen molar-refractivity contribution in [2.75, 3.05) is 7.11 Å². The molecule has 1 heterocycles. The molecular formula is C13H16O9. The fourth-order valence-corrected chi connectivity index (χ4v) is 1.78. The number of methoxy groups -OCH3 is 1. The van der Waals surface area contributed by atoms with Gasteiger partial charge in [0, 0.05) is 20.8 Å². The molecule has 0 amide bonds. The summed E-state index contributed by atoms with van der Waals surface area (Å²) >= 11 is 0. The summed E-state index contributed by atoms with van der Waals surface area (Å²) in [5.41, 5.74) is 0. The molecule has 0 N–H and O–H groups in total. The van der Waals surface area contributed by atoms with Gasteiger partial charge in [0.15, 0.2) is 11.9 Å². The Kier molecular flexibility index (Phi) is 5.90. The molecule has 0 unspecified atom stereocenters. The van der Waals surface area contributed by atoms with E-state index in [0.29, 0.717) is 0 Å². The van der Waals surface area contributed by atoms with Crippen LogP contribution in [0.5, 0.6) is 0 Å². The molecule has 1 aliphatic rings. The maximum absolute atomic E-state index is 11.7. The molecule has 1 aliphatic heterocycles. The van der Waals surface area contributed by atoms with Gasteiger partial charge in [0.25, 0.3) is 0 Å². The van der Waals surface area contributed by atoms with Gasteiger partial charge in [0.2, 0.25) is 12.2 Å². The lowest BCUT2D eigenvalue weighted by Gasteiger charge is -2.34. The number of carbonyl (C=O) groups is 4. The van der Waals surface area contributed by atoms with Crippen LogP contribution in [-0.2, 0) is 42.9 Å². The molecule has 0 bridgehead atoms. The van der Waals surface area contributed by atoms with Crippen LogP contribution in [0.3, 0.4) is 0 Å². The number of rotatable bonds is 4. The molecule has 0 aromatic heterocycles. The molecule has 0 saturated heterocycles. The fraction of sp³-hybridized carbons (Fsp3) is 0.538. The molecule has 0 saturated carbocycles. The topological polar surface area (TPSA) is 114 Å². The Morgan fingerprint density at radius 1 is 1.00 bits per heavy atom. The Balaban J connectivity index is 3.18. The van der Waals surface area contributed by atoms with Gasteiger partial charge < -0.3 is 23.7 Å². The Morgan fingerprint density at radius 2 is 1.59 bits per heavy atom. The zero-order valence-electron chi connectivity index (χ0n) is 12.5. The lowest BCUT2D eigenvalue weighted by molar-refractivity contribution is -0.190. The van der Waals surface area contributed by atoms with Crippen LogP contribution in [0.2, 0.25) is 0 Å². The molecular weight excluding hydrogens is 300 g/mol. The smallest absolute Gasteiger partial charge is 0.351 e. The molecule has 9 heteroatoms. The number of hydrogen-bond donors (Lipinski definition) is 0. The SMILES string of the molecule is COC(=O)[C@H]1OC=C(OC(C)=O)[C@@H](OC(C)=O)[C@@H]1OC(C)=O. The number of ether oxygens (including phenoxy) is 5. The highest BCUT2D eigenvalue weighted by Crippen LogP contribution is 2.26. The second kappa shape index (κ2) is 7.43. The van der Waals surface area contributed by atoms with E-state index in [0.717, 1.165) is 34.1 Å². The van der Waals surface area contributed by atoms with Gasteiger partial charge >= 0.3 is 23.9 Å². The average molecular weight is 316 g/mol. The van der Waals surface area contributed by atoms with Gasteiger partial charge in [-0.2, -0.15) is 0 Å². The third kappa shape index (κ3) is 4.47. The second-order valence-corrected chi connectivity index (χ2v) is 4.30. The van der Waals surface area contributed by atoms with Gasteiger partial charge in [-0.3, -0.25) is 14.4 Å². The Hall–Kier alpha value is -2.58. The predicted molar refractivity (Wildman–Crippen MR) is 67.8 cm³/mol. The predicted octanol–water partition coefficient (Wildman–Crippen LogP) is -0.174. The minimum atomic E-state index is -1.36. The van der Waals surface area contributed by atoms with E-state index < -0.39 is 42.2 Å². The maximum atomic E-state index is 11.7. The molecule has 0 aliphatic carbocycles. The maximum Gasteiger partial charge on any atom is 0.351 e. The average Bonchev–Trinajstić information content (AvgIpc) is 2.40. The Bertz CT molecular complexity index is 508. The third-order valence-corrected chi connectivity index (χ3v) is 2.50. The first-order chi connectivity index (χ1) is 10.3. The standard InChI is InChI=1S/C13H16O9/c1-6(14)20-9-5-19-12(13(17)18-4)11(22-8(3)16)10(9)21-7(2)15/h5,10-12H,1-4H3/t10-,11+,12+/m1/s1. The van der Waals surface area contributed by atoms with E-state index >= 15 is 0 Å². The van der Waals surface area contributed by atoms with Gasteiger partial charge in [-0.25, -0.2) is 4.79 Å². The van der Waals surface area contributed by atoms with Crippen LogP contribution >= 0.6 is 0 Å².